The van der Waals surface area contributed by atoms with Crippen LogP contribution in [0.2, 0.25) is 0 Å². The van der Waals surface area contributed by atoms with Gasteiger partial charge in [-0.25, -0.2) is 0 Å². The first-order valence-corrected chi connectivity index (χ1v) is 6.57. The Morgan fingerprint density at radius 3 is 2.75 bits per heavy atom. The fourth-order valence-electron chi connectivity index (χ4n) is 2.25. The van der Waals surface area contributed by atoms with Crippen molar-refractivity contribution in [2.75, 3.05) is 13.2 Å². The maximum atomic E-state index is 6.35. The first-order chi connectivity index (χ1) is 7.68. The molecule has 1 aliphatic heterocycles. The average Bonchev–Trinajstić information content (AvgIpc) is 2.32. The van der Waals surface area contributed by atoms with Crippen LogP contribution in [0.4, 0.5) is 0 Å². The van der Waals surface area contributed by atoms with Crippen LogP contribution in [0.25, 0.3) is 0 Å². The first-order valence-electron chi connectivity index (χ1n) is 5.78. The molecule has 2 rings (SSSR count). The van der Waals surface area contributed by atoms with Gasteiger partial charge in [0.1, 0.15) is 0 Å². The van der Waals surface area contributed by atoms with Crippen molar-refractivity contribution >= 4 is 15.9 Å². The molecule has 0 saturated carbocycles. The molecule has 0 radical (unpaired) electrons. The zero-order valence-electron chi connectivity index (χ0n) is 9.58. The van der Waals surface area contributed by atoms with Crippen LogP contribution in [0.15, 0.2) is 22.7 Å². The van der Waals surface area contributed by atoms with E-state index in [1.54, 1.807) is 0 Å². The minimum Gasteiger partial charge on any atom is -0.381 e. The van der Waals surface area contributed by atoms with Gasteiger partial charge in [-0.1, -0.05) is 33.6 Å². The van der Waals surface area contributed by atoms with Crippen LogP contribution in [0.1, 0.15) is 30.0 Å². The third kappa shape index (κ3) is 2.65. The van der Waals surface area contributed by atoms with E-state index in [0.29, 0.717) is 5.92 Å². The maximum absolute atomic E-state index is 6.35. The lowest BCUT2D eigenvalue weighted by atomic mass is 9.87. The zero-order valence-corrected chi connectivity index (χ0v) is 11.2. The summed E-state index contributed by atoms with van der Waals surface area (Å²) in [5.41, 5.74) is 8.85. The summed E-state index contributed by atoms with van der Waals surface area (Å²) < 4.78 is 6.49. The second-order valence-electron chi connectivity index (χ2n) is 4.50. The van der Waals surface area contributed by atoms with Crippen molar-refractivity contribution in [3.05, 3.63) is 33.8 Å². The van der Waals surface area contributed by atoms with E-state index in [0.717, 1.165) is 30.5 Å². The van der Waals surface area contributed by atoms with Crippen LogP contribution in [0.5, 0.6) is 0 Å². The van der Waals surface area contributed by atoms with Crippen LogP contribution >= 0.6 is 15.9 Å². The van der Waals surface area contributed by atoms with Gasteiger partial charge >= 0.3 is 0 Å². The fourth-order valence-corrected chi connectivity index (χ4v) is 2.76. The SMILES string of the molecule is Cc1ccc(Br)c(C(N)C2CCOCC2)c1. The van der Waals surface area contributed by atoms with Crippen molar-refractivity contribution in [2.24, 2.45) is 11.7 Å². The number of nitrogens with two attached hydrogens (primary N) is 1. The second-order valence-corrected chi connectivity index (χ2v) is 5.35. The van der Waals surface area contributed by atoms with Gasteiger partial charge in [0.15, 0.2) is 0 Å². The van der Waals surface area contributed by atoms with Gasteiger partial charge in [-0.15, -0.1) is 0 Å². The highest BCUT2D eigenvalue weighted by atomic mass is 79.9. The molecule has 1 unspecified atom stereocenters. The minimum absolute atomic E-state index is 0.123. The van der Waals surface area contributed by atoms with E-state index < -0.39 is 0 Å². The highest BCUT2D eigenvalue weighted by Gasteiger charge is 2.23. The van der Waals surface area contributed by atoms with E-state index in [9.17, 15) is 0 Å². The van der Waals surface area contributed by atoms with Crippen LogP contribution in [0.3, 0.4) is 0 Å². The van der Waals surface area contributed by atoms with E-state index in [1.807, 2.05) is 0 Å². The number of hydrogen-bond acceptors (Lipinski definition) is 2. The number of aryl methyl sites for hydroxylation is 1. The van der Waals surface area contributed by atoms with Crippen LogP contribution in [-0.2, 0) is 4.74 Å². The summed E-state index contributed by atoms with van der Waals surface area (Å²) in [7, 11) is 0. The summed E-state index contributed by atoms with van der Waals surface area (Å²) >= 11 is 3.59. The number of rotatable bonds is 2. The van der Waals surface area contributed by atoms with Gasteiger partial charge in [-0.05, 0) is 37.3 Å². The van der Waals surface area contributed by atoms with E-state index >= 15 is 0 Å². The van der Waals surface area contributed by atoms with Gasteiger partial charge < -0.3 is 10.5 Å². The molecular formula is C13H18BrNO. The molecule has 2 nitrogen and oxygen atoms in total. The summed E-state index contributed by atoms with van der Waals surface area (Å²) in [6.45, 7) is 3.80. The lowest BCUT2D eigenvalue weighted by Crippen LogP contribution is -2.27. The van der Waals surface area contributed by atoms with Crippen molar-refractivity contribution in [1.82, 2.24) is 0 Å². The number of hydrogen-bond donors (Lipinski definition) is 1. The Hall–Kier alpha value is -0.380. The molecule has 1 saturated heterocycles. The molecule has 88 valence electrons. The van der Waals surface area contributed by atoms with Crippen LogP contribution in [0, 0.1) is 12.8 Å². The molecule has 1 aliphatic rings. The van der Waals surface area contributed by atoms with Crippen LogP contribution in [-0.4, -0.2) is 13.2 Å². The number of halogens is 1. The van der Waals surface area contributed by atoms with Gasteiger partial charge in [-0.3, -0.25) is 0 Å². The van der Waals surface area contributed by atoms with E-state index in [2.05, 4.69) is 41.1 Å². The monoisotopic (exact) mass is 283 g/mol. The quantitative estimate of drug-likeness (QED) is 0.905. The van der Waals surface area contributed by atoms with Crippen molar-refractivity contribution in [2.45, 2.75) is 25.8 Å². The summed E-state index contributed by atoms with van der Waals surface area (Å²) in [5, 5.41) is 0. The summed E-state index contributed by atoms with van der Waals surface area (Å²) in [6, 6.07) is 6.50. The van der Waals surface area contributed by atoms with Gasteiger partial charge in [-0.2, -0.15) is 0 Å². The summed E-state index contributed by atoms with van der Waals surface area (Å²) in [5.74, 6) is 0.548. The molecule has 3 heteroatoms. The third-order valence-electron chi connectivity index (χ3n) is 3.28. The minimum atomic E-state index is 0.123. The normalized spacial score (nSPS) is 19.7. The lowest BCUT2D eigenvalue weighted by Gasteiger charge is -2.28. The molecule has 2 N–H and O–H groups in total. The Morgan fingerprint density at radius 2 is 2.06 bits per heavy atom. The topological polar surface area (TPSA) is 35.2 Å². The second kappa shape index (κ2) is 5.30. The van der Waals surface area contributed by atoms with Crippen molar-refractivity contribution < 1.29 is 4.74 Å². The standard InChI is InChI=1S/C13H18BrNO/c1-9-2-3-12(14)11(8-9)13(15)10-4-6-16-7-5-10/h2-3,8,10,13H,4-7,15H2,1H3. The Morgan fingerprint density at radius 1 is 1.38 bits per heavy atom. The molecule has 0 amide bonds. The Balaban J connectivity index is 2.18. The highest BCUT2D eigenvalue weighted by Crippen LogP contribution is 2.32. The van der Waals surface area contributed by atoms with Gasteiger partial charge in [0.05, 0.1) is 0 Å². The molecule has 1 fully saturated rings. The molecule has 1 atom stereocenters. The molecule has 0 aromatic heterocycles. The molecular weight excluding hydrogens is 266 g/mol. The highest BCUT2D eigenvalue weighted by molar-refractivity contribution is 9.10. The largest absolute Gasteiger partial charge is 0.381 e. The van der Waals surface area contributed by atoms with Gasteiger partial charge in [0, 0.05) is 23.7 Å². The summed E-state index contributed by atoms with van der Waals surface area (Å²) in [6.07, 6.45) is 2.14. The molecule has 1 aromatic carbocycles. The van der Waals surface area contributed by atoms with Crippen molar-refractivity contribution in [3.8, 4) is 0 Å². The summed E-state index contributed by atoms with van der Waals surface area (Å²) in [4.78, 5) is 0. The van der Waals surface area contributed by atoms with Crippen molar-refractivity contribution in [1.29, 1.82) is 0 Å². The lowest BCUT2D eigenvalue weighted by molar-refractivity contribution is 0.0583. The third-order valence-corrected chi connectivity index (χ3v) is 4.01. The number of ether oxygens (including phenoxy) is 1. The molecule has 16 heavy (non-hydrogen) atoms. The molecule has 0 bridgehead atoms. The van der Waals surface area contributed by atoms with E-state index in [4.69, 9.17) is 10.5 Å². The molecule has 0 spiro atoms. The number of benzene rings is 1. The van der Waals surface area contributed by atoms with Crippen molar-refractivity contribution in [3.63, 3.8) is 0 Å². The van der Waals surface area contributed by atoms with E-state index in [-0.39, 0.29) is 6.04 Å². The van der Waals surface area contributed by atoms with Gasteiger partial charge in [0.2, 0.25) is 0 Å². The fraction of sp³-hybridized carbons (Fsp3) is 0.538. The first kappa shape index (κ1) is 12.1. The molecule has 1 heterocycles. The smallest absolute Gasteiger partial charge is 0.0469 e. The Kier molecular flexibility index (Phi) is 4.00. The Labute approximate surface area is 105 Å². The Bertz CT molecular complexity index is 361. The van der Waals surface area contributed by atoms with Crippen LogP contribution < -0.4 is 5.73 Å². The average molecular weight is 284 g/mol. The molecule has 1 aromatic rings. The van der Waals surface area contributed by atoms with E-state index in [1.165, 1.54) is 11.1 Å². The maximum Gasteiger partial charge on any atom is 0.0469 e. The zero-order chi connectivity index (χ0) is 11.5. The predicted octanol–water partition coefficient (Wildman–Crippen LogP) is 3.18. The predicted molar refractivity (Wildman–Crippen MR) is 69.4 cm³/mol. The van der Waals surface area contributed by atoms with Gasteiger partial charge in [0.25, 0.3) is 0 Å². The molecule has 0 aliphatic carbocycles.